The van der Waals surface area contributed by atoms with Crippen LogP contribution in [0, 0.1) is 5.92 Å². The number of benzene rings is 1. The van der Waals surface area contributed by atoms with Gasteiger partial charge in [-0.2, -0.15) is 0 Å². The Bertz CT molecular complexity index is 1250. The third kappa shape index (κ3) is 4.33. The van der Waals surface area contributed by atoms with E-state index in [1.54, 1.807) is 4.68 Å². The first-order valence-corrected chi connectivity index (χ1v) is 13.9. The van der Waals surface area contributed by atoms with Gasteiger partial charge in [0, 0.05) is 18.0 Å². The van der Waals surface area contributed by atoms with Crippen LogP contribution in [0.2, 0.25) is 0 Å². The molecule has 3 aliphatic carbocycles. The van der Waals surface area contributed by atoms with Gasteiger partial charge in [-0.1, -0.05) is 60.1 Å². The van der Waals surface area contributed by atoms with Gasteiger partial charge in [-0.25, -0.2) is 14.6 Å². The lowest BCUT2D eigenvalue weighted by atomic mass is 10.0. The zero-order valence-electron chi connectivity index (χ0n) is 20.1. The summed E-state index contributed by atoms with van der Waals surface area (Å²) >= 11 is 1.41. The zero-order chi connectivity index (χ0) is 24.8. The first kappa shape index (κ1) is 23.6. The molecular formula is C25H31N7O3S. The Kier molecular flexibility index (Phi) is 6.30. The molecule has 1 amide bonds. The van der Waals surface area contributed by atoms with Crippen LogP contribution in [-0.4, -0.2) is 71.6 Å². The van der Waals surface area contributed by atoms with Crippen molar-refractivity contribution in [3.63, 3.8) is 0 Å². The molecule has 3 saturated carbocycles. The number of thioether (sulfide) groups is 1. The molecule has 10 nitrogen and oxygen atoms in total. The molecule has 0 aliphatic heterocycles. The van der Waals surface area contributed by atoms with Gasteiger partial charge < -0.3 is 20.8 Å². The highest BCUT2D eigenvalue weighted by atomic mass is 32.2. The smallest absolute Gasteiger partial charge is 0.226 e. The maximum atomic E-state index is 12.9. The molecule has 3 fully saturated rings. The van der Waals surface area contributed by atoms with Gasteiger partial charge in [0.15, 0.2) is 22.1 Å². The highest BCUT2D eigenvalue weighted by Crippen LogP contribution is 2.43. The molecule has 11 heteroatoms. The fourth-order valence-electron chi connectivity index (χ4n) is 5.71. The van der Waals surface area contributed by atoms with Gasteiger partial charge in [0.25, 0.3) is 0 Å². The summed E-state index contributed by atoms with van der Waals surface area (Å²) in [6.45, 7) is 0. The lowest BCUT2D eigenvalue weighted by molar-refractivity contribution is -0.129. The van der Waals surface area contributed by atoms with Crippen LogP contribution < -0.4 is 10.6 Å². The van der Waals surface area contributed by atoms with Crippen molar-refractivity contribution in [2.24, 2.45) is 5.92 Å². The molecule has 2 aromatic heterocycles. The second kappa shape index (κ2) is 9.60. The molecule has 0 saturated heterocycles. The fourth-order valence-corrected chi connectivity index (χ4v) is 6.07. The maximum absolute atomic E-state index is 12.9. The molecule has 4 N–H and O–H groups in total. The fraction of sp³-hybridized carbons (Fsp3) is 0.560. The predicted octanol–water partition coefficient (Wildman–Crippen LogP) is 2.25. The van der Waals surface area contributed by atoms with E-state index >= 15 is 0 Å². The van der Waals surface area contributed by atoms with Crippen molar-refractivity contribution in [2.75, 3.05) is 11.6 Å². The number of fused-ring (bicyclic) bond motifs is 1. The van der Waals surface area contributed by atoms with Gasteiger partial charge in [-0.05, 0) is 37.5 Å². The summed E-state index contributed by atoms with van der Waals surface area (Å²) in [4.78, 5) is 22.2. The molecule has 3 aliphatic rings. The number of amides is 1. The van der Waals surface area contributed by atoms with E-state index in [2.05, 4.69) is 43.0 Å². The van der Waals surface area contributed by atoms with E-state index in [1.165, 1.54) is 17.3 Å². The number of rotatable bonds is 7. The lowest BCUT2D eigenvalue weighted by Gasteiger charge is -2.19. The van der Waals surface area contributed by atoms with Gasteiger partial charge in [0.2, 0.25) is 5.91 Å². The van der Waals surface area contributed by atoms with E-state index in [-0.39, 0.29) is 24.4 Å². The number of aliphatic hydroxyl groups is 2. The number of aliphatic hydroxyl groups excluding tert-OH is 2. The quantitative estimate of drug-likeness (QED) is 0.279. The standard InChI is InChI=1S/C25H31N7O3S/c1-36-25-28-22(27-17-11-15(17)13-7-3-2-4-8-13)19-23(29-25)32(31-30-19)18-12-16(20(33)21(18)34)24(35)26-14-9-5-6-10-14/h2-4,7-8,14-18,20-21,33-34H,5-6,9-12H2,1H3,(H,26,35)(H,27,28,29). The minimum Gasteiger partial charge on any atom is -0.390 e. The number of hydrogen-bond donors (Lipinski definition) is 4. The highest BCUT2D eigenvalue weighted by Gasteiger charge is 2.47. The summed E-state index contributed by atoms with van der Waals surface area (Å²) in [5.41, 5.74) is 2.30. The Morgan fingerprint density at radius 2 is 1.86 bits per heavy atom. The summed E-state index contributed by atoms with van der Waals surface area (Å²) in [7, 11) is 0. The van der Waals surface area contributed by atoms with Crippen molar-refractivity contribution in [1.29, 1.82) is 0 Å². The SMILES string of the molecule is CSc1nc(NC2CC2c2ccccc2)c2nnn(C3CC(C(=O)NC4CCCC4)C(O)C3O)c2n1. The van der Waals surface area contributed by atoms with E-state index in [0.717, 1.165) is 32.1 Å². The number of anilines is 1. The lowest BCUT2D eigenvalue weighted by Crippen LogP contribution is -2.41. The minimum atomic E-state index is -1.17. The summed E-state index contributed by atoms with van der Waals surface area (Å²) < 4.78 is 1.56. The molecule has 6 unspecified atom stereocenters. The van der Waals surface area contributed by atoms with E-state index in [1.807, 2.05) is 24.5 Å². The number of carbonyl (C=O) groups is 1. The third-order valence-electron chi connectivity index (χ3n) is 7.83. The van der Waals surface area contributed by atoms with Gasteiger partial charge >= 0.3 is 0 Å². The number of aromatic nitrogens is 5. The Balaban J connectivity index is 1.24. The van der Waals surface area contributed by atoms with Crippen molar-refractivity contribution in [1.82, 2.24) is 30.3 Å². The summed E-state index contributed by atoms with van der Waals surface area (Å²) in [6.07, 6.45) is 4.99. The second-order valence-electron chi connectivity index (χ2n) is 10.1. The van der Waals surface area contributed by atoms with Crippen LogP contribution in [-0.2, 0) is 4.79 Å². The monoisotopic (exact) mass is 509 g/mol. The van der Waals surface area contributed by atoms with Crippen molar-refractivity contribution >= 4 is 34.7 Å². The summed E-state index contributed by atoms with van der Waals surface area (Å²) in [5.74, 6) is 0.114. The molecule has 36 heavy (non-hydrogen) atoms. The summed E-state index contributed by atoms with van der Waals surface area (Å²) in [6, 6.07) is 10.2. The molecule has 6 atom stereocenters. The predicted molar refractivity (Wildman–Crippen MR) is 136 cm³/mol. The topological polar surface area (TPSA) is 138 Å². The maximum Gasteiger partial charge on any atom is 0.226 e. The molecule has 1 aromatic carbocycles. The average molecular weight is 510 g/mol. The Morgan fingerprint density at radius 3 is 2.61 bits per heavy atom. The highest BCUT2D eigenvalue weighted by molar-refractivity contribution is 7.98. The minimum absolute atomic E-state index is 0.153. The number of nitrogens with one attached hydrogen (secondary N) is 2. The number of hydrogen-bond acceptors (Lipinski definition) is 9. The molecule has 190 valence electrons. The molecule has 3 aromatic rings. The third-order valence-corrected chi connectivity index (χ3v) is 8.38. The molecule has 0 spiro atoms. The Morgan fingerprint density at radius 1 is 1.08 bits per heavy atom. The van der Waals surface area contributed by atoms with Crippen molar-refractivity contribution in [2.45, 2.75) is 79.9 Å². The normalized spacial score (nSPS) is 30.1. The van der Waals surface area contributed by atoms with Crippen LogP contribution in [0.5, 0.6) is 0 Å². The van der Waals surface area contributed by atoms with Gasteiger partial charge in [-0.3, -0.25) is 4.79 Å². The first-order chi connectivity index (χ1) is 17.5. The van der Waals surface area contributed by atoms with E-state index in [4.69, 9.17) is 0 Å². The Hall–Kier alpha value is -2.76. The molecule has 6 rings (SSSR count). The summed E-state index contributed by atoms with van der Waals surface area (Å²) in [5, 5.41) is 37.4. The molecule has 0 radical (unpaired) electrons. The Labute approximate surface area is 213 Å². The van der Waals surface area contributed by atoms with E-state index in [9.17, 15) is 15.0 Å². The zero-order valence-corrected chi connectivity index (χ0v) is 20.9. The van der Waals surface area contributed by atoms with E-state index < -0.39 is 24.2 Å². The van der Waals surface area contributed by atoms with Gasteiger partial charge in [0.1, 0.15) is 6.10 Å². The number of nitrogens with zero attached hydrogens (tertiary/aromatic N) is 5. The molecule has 2 heterocycles. The van der Waals surface area contributed by atoms with Crippen molar-refractivity contribution in [3.05, 3.63) is 35.9 Å². The van der Waals surface area contributed by atoms with Gasteiger partial charge in [-0.15, -0.1) is 5.10 Å². The van der Waals surface area contributed by atoms with Crippen molar-refractivity contribution in [3.8, 4) is 0 Å². The molecular weight excluding hydrogens is 478 g/mol. The first-order valence-electron chi connectivity index (χ1n) is 12.7. The van der Waals surface area contributed by atoms with Gasteiger partial charge in [0.05, 0.1) is 18.1 Å². The van der Waals surface area contributed by atoms with Crippen LogP contribution in [0.4, 0.5) is 5.82 Å². The molecule has 0 bridgehead atoms. The number of carbonyl (C=O) groups excluding carboxylic acids is 1. The largest absolute Gasteiger partial charge is 0.390 e. The average Bonchev–Trinajstić information content (AvgIpc) is 3.19. The van der Waals surface area contributed by atoms with Crippen LogP contribution in [0.1, 0.15) is 56.0 Å². The van der Waals surface area contributed by atoms with Crippen LogP contribution in [0.3, 0.4) is 0 Å². The van der Waals surface area contributed by atoms with Crippen LogP contribution >= 0.6 is 11.8 Å². The van der Waals surface area contributed by atoms with E-state index in [0.29, 0.717) is 28.1 Å². The van der Waals surface area contributed by atoms with Crippen LogP contribution in [0.15, 0.2) is 35.5 Å². The van der Waals surface area contributed by atoms with Crippen molar-refractivity contribution < 1.29 is 15.0 Å². The second-order valence-corrected chi connectivity index (χ2v) is 10.9. The van der Waals surface area contributed by atoms with Crippen LogP contribution in [0.25, 0.3) is 11.2 Å².